The predicted octanol–water partition coefficient (Wildman–Crippen LogP) is 5.33. The minimum Gasteiger partial charge on any atom is -0.494 e. The molecule has 3 aromatic rings. The Kier molecular flexibility index (Phi) is 11.2. The second-order valence-electron chi connectivity index (χ2n) is 10.9. The number of thiazole rings is 1. The van der Waals surface area contributed by atoms with Gasteiger partial charge in [-0.3, -0.25) is 14.2 Å². The lowest BCUT2D eigenvalue weighted by atomic mass is 9.95. The quantitative estimate of drug-likeness (QED) is 0.145. The van der Waals surface area contributed by atoms with Gasteiger partial charge in [0.2, 0.25) is 0 Å². The molecule has 1 aliphatic rings. The van der Waals surface area contributed by atoms with Crippen molar-refractivity contribution in [2.45, 2.75) is 66.8 Å². The van der Waals surface area contributed by atoms with Gasteiger partial charge in [0.15, 0.2) is 16.3 Å². The Morgan fingerprint density at radius 2 is 1.80 bits per heavy atom. The number of nitrogens with zero attached hydrogens (tertiary/aromatic N) is 2. The number of allylic oxidation sites excluding steroid dienone is 1. The van der Waals surface area contributed by atoms with E-state index in [1.165, 1.54) is 22.8 Å². The summed E-state index contributed by atoms with van der Waals surface area (Å²) < 4.78 is 24.6. The zero-order valence-corrected chi connectivity index (χ0v) is 27.0. The number of unbranched alkanes of at least 4 members (excludes halogenated alkanes) is 2. The molecule has 234 valence electrons. The molecule has 9 nitrogen and oxygen atoms in total. The third kappa shape index (κ3) is 7.85. The molecule has 1 aromatic heterocycles. The highest BCUT2D eigenvalue weighted by Gasteiger charge is 2.34. The Morgan fingerprint density at radius 3 is 2.45 bits per heavy atom. The normalized spacial score (nSPS) is 14.7. The molecule has 2 aromatic carbocycles. The Hall–Kier alpha value is -4.18. The molecule has 0 N–H and O–H groups in total. The second kappa shape index (κ2) is 15.0. The van der Waals surface area contributed by atoms with Crippen LogP contribution >= 0.6 is 11.3 Å². The maximum Gasteiger partial charge on any atom is 0.338 e. The summed E-state index contributed by atoms with van der Waals surface area (Å²) in [4.78, 5) is 44.4. The van der Waals surface area contributed by atoms with Crippen LogP contribution in [0, 0.1) is 5.92 Å². The van der Waals surface area contributed by atoms with Crippen molar-refractivity contribution in [1.82, 2.24) is 4.57 Å². The first-order valence-electron chi connectivity index (χ1n) is 15.0. The number of hydrogen-bond donors (Lipinski definition) is 0. The van der Waals surface area contributed by atoms with Crippen molar-refractivity contribution in [2.75, 3.05) is 19.8 Å². The lowest BCUT2D eigenvalue weighted by Gasteiger charge is -2.25. The van der Waals surface area contributed by atoms with Gasteiger partial charge in [-0.15, -0.1) is 0 Å². The van der Waals surface area contributed by atoms with Crippen LogP contribution in [0.25, 0.3) is 6.08 Å². The molecule has 4 rings (SSSR count). The van der Waals surface area contributed by atoms with Crippen molar-refractivity contribution >= 4 is 29.4 Å². The highest BCUT2D eigenvalue weighted by atomic mass is 32.1. The fourth-order valence-electron chi connectivity index (χ4n) is 4.77. The van der Waals surface area contributed by atoms with Crippen LogP contribution in [-0.2, 0) is 14.3 Å². The number of rotatable bonds is 13. The van der Waals surface area contributed by atoms with E-state index in [9.17, 15) is 14.4 Å². The second-order valence-corrected chi connectivity index (χ2v) is 11.9. The fraction of sp³-hybridized carbons (Fsp3) is 0.412. The lowest BCUT2D eigenvalue weighted by molar-refractivity contribution is -0.140. The maximum atomic E-state index is 14.0. The summed E-state index contributed by atoms with van der Waals surface area (Å²) in [6.07, 6.45) is 5.08. The van der Waals surface area contributed by atoms with Crippen molar-refractivity contribution in [3.63, 3.8) is 0 Å². The van der Waals surface area contributed by atoms with E-state index >= 15 is 0 Å². The molecule has 0 saturated carbocycles. The highest BCUT2D eigenvalue weighted by molar-refractivity contribution is 7.07. The Labute approximate surface area is 261 Å². The summed E-state index contributed by atoms with van der Waals surface area (Å²) in [6, 6.07) is 11.8. The van der Waals surface area contributed by atoms with Gasteiger partial charge in [-0.2, -0.15) is 0 Å². The third-order valence-electron chi connectivity index (χ3n) is 6.82. The average Bonchev–Trinajstić information content (AvgIpc) is 3.28. The Balaban J connectivity index is 1.80. The minimum absolute atomic E-state index is 0.125. The van der Waals surface area contributed by atoms with Crippen LogP contribution < -0.4 is 29.1 Å². The monoisotopic (exact) mass is 620 g/mol. The molecule has 0 saturated heterocycles. The van der Waals surface area contributed by atoms with Crippen molar-refractivity contribution in [1.29, 1.82) is 0 Å². The van der Waals surface area contributed by atoms with E-state index in [1.54, 1.807) is 25.1 Å². The standard InChI is InChI=1S/C34H40N2O7S/c1-7-9-10-17-41-26-14-11-24(12-15-26)18-29-32(38)36-31(25-13-16-27(43-23(6)37)28(19-25)40-8-2)30(22(5)35-34(36)44-29)33(39)42-20-21(3)4/h11-16,18-19,21,31H,7-10,17,20H2,1-6H3/b29-18+/t31-/m1/s1. The maximum absolute atomic E-state index is 14.0. The van der Waals surface area contributed by atoms with Gasteiger partial charge >= 0.3 is 11.9 Å². The lowest BCUT2D eigenvalue weighted by Crippen LogP contribution is -2.40. The molecule has 0 radical (unpaired) electrons. The van der Waals surface area contributed by atoms with E-state index in [0.29, 0.717) is 39.6 Å². The zero-order valence-electron chi connectivity index (χ0n) is 26.2. The van der Waals surface area contributed by atoms with E-state index in [-0.39, 0.29) is 29.4 Å². The van der Waals surface area contributed by atoms with Gasteiger partial charge in [0.1, 0.15) is 5.75 Å². The number of benzene rings is 2. The van der Waals surface area contributed by atoms with Crippen LogP contribution in [0.3, 0.4) is 0 Å². The molecule has 0 bridgehead atoms. The molecule has 0 unspecified atom stereocenters. The summed E-state index contributed by atoms with van der Waals surface area (Å²) in [5.41, 5.74) is 1.86. The van der Waals surface area contributed by atoms with Gasteiger partial charge in [0.25, 0.3) is 5.56 Å². The average molecular weight is 621 g/mol. The fourth-order valence-corrected chi connectivity index (χ4v) is 5.82. The minimum atomic E-state index is -0.836. The molecular weight excluding hydrogens is 580 g/mol. The number of esters is 2. The van der Waals surface area contributed by atoms with Crippen LogP contribution in [0.1, 0.15) is 78.0 Å². The molecule has 10 heteroatoms. The van der Waals surface area contributed by atoms with Gasteiger partial charge in [0.05, 0.1) is 41.7 Å². The summed E-state index contributed by atoms with van der Waals surface area (Å²) in [6.45, 7) is 12.1. The molecule has 0 aliphatic carbocycles. The molecule has 0 spiro atoms. The van der Waals surface area contributed by atoms with E-state index in [4.69, 9.17) is 18.9 Å². The van der Waals surface area contributed by atoms with Crippen molar-refractivity contribution < 1.29 is 28.5 Å². The zero-order chi connectivity index (χ0) is 31.8. The smallest absolute Gasteiger partial charge is 0.338 e. The van der Waals surface area contributed by atoms with Crippen LogP contribution in [0.5, 0.6) is 17.2 Å². The van der Waals surface area contributed by atoms with Crippen LogP contribution in [0.15, 0.2) is 63.5 Å². The number of ether oxygens (including phenoxy) is 4. The van der Waals surface area contributed by atoms with Gasteiger partial charge in [0, 0.05) is 6.92 Å². The molecule has 0 fully saturated rings. The Bertz CT molecular complexity index is 1700. The number of fused-ring (bicyclic) bond motifs is 1. The van der Waals surface area contributed by atoms with Crippen LogP contribution in [0.2, 0.25) is 0 Å². The SMILES string of the molecule is CCCCCOc1ccc(/C=c2/sc3n(c2=O)[C@H](c2ccc(OC(C)=O)c(OCC)c2)C(C(=O)OCC(C)C)=C(C)N=3)cc1. The topological polar surface area (TPSA) is 105 Å². The van der Waals surface area contributed by atoms with Gasteiger partial charge < -0.3 is 18.9 Å². The number of carbonyl (C=O) groups excluding carboxylic acids is 2. The predicted molar refractivity (Wildman–Crippen MR) is 170 cm³/mol. The van der Waals surface area contributed by atoms with Crippen LogP contribution in [0.4, 0.5) is 0 Å². The molecule has 2 heterocycles. The highest BCUT2D eigenvalue weighted by Crippen LogP contribution is 2.36. The van der Waals surface area contributed by atoms with Crippen molar-refractivity contribution in [3.8, 4) is 17.2 Å². The van der Waals surface area contributed by atoms with Crippen molar-refractivity contribution in [3.05, 3.63) is 84.5 Å². The van der Waals surface area contributed by atoms with E-state index in [1.807, 2.05) is 51.1 Å². The summed E-state index contributed by atoms with van der Waals surface area (Å²) in [5, 5.41) is 0. The van der Waals surface area contributed by atoms with Crippen LogP contribution in [-0.4, -0.2) is 36.3 Å². The van der Waals surface area contributed by atoms with E-state index < -0.39 is 18.0 Å². The van der Waals surface area contributed by atoms with Gasteiger partial charge in [-0.25, -0.2) is 9.79 Å². The molecule has 44 heavy (non-hydrogen) atoms. The summed E-state index contributed by atoms with van der Waals surface area (Å²) >= 11 is 1.25. The number of aromatic nitrogens is 1. The Morgan fingerprint density at radius 1 is 1.05 bits per heavy atom. The van der Waals surface area contributed by atoms with E-state index in [2.05, 4.69) is 11.9 Å². The molecular formula is C34H40N2O7S. The first kappa shape index (κ1) is 32.7. The molecule has 0 amide bonds. The van der Waals surface area contributed by atoms with Gasteiger partial charge in [-0.1, -0.05) is 63.1 Å². The molecule has 1 atom stereocenters. The third-order valence-corrected chi connectivity index (χ3v) is 7.80. The summed E-state index contributed by atoms with van der Waals surface area (Å²) in [5.74, 6) is 0.441. The van der Waals surface area contributed by atoms with Gasteiger partial charge in [-0.05, 0) is 67.7 Å². The van der Waals surface area contributed by atoms with E-state index in [0.717, 1.165) is 30.6 Å². The summed E-state index contributed by atoms with van der Waals surface area (Å²) in [7, 11) is 0. The first-order chi connectivity index (χ1) is 21.1. The number of hydrogen-bond acceptors (Lipinski definition) is 9. The van der Waals surface area contributed by atoms with Crippen molar-refractivity contribution in [2.24, 2.45) is 10.9 Å². The number of carbonyl (C=O) groups is 2. The molecule has 1 aliphatic heterocycles. The first-order valence-corrected chi connectivity index (χ1v) is 15.8. The largest absolute Gasteiger partial charge is 0.494 e.